The number of nitrogens with one attached hydrogen (secondary N) is 1. The van der Waals surface area contributed by atoms with E-state index in [2.05, 4.69) is 5.32 Å². The van der Waals surface area contributed by atoms with Gasteiger partial charge in [-0.3, -0.25) is 14.4 Å². The molecule has 0 aromatic rings. The van der Waals surface area contributed by atoms with Crippen LogP contribution in [0.5, 0.6) is 0 Å². The van der Waals surface area contributed by atoms with E-state index < -0.39 is 18.2 Å². The van der Waals surface area contributed by atoms with Gasteiger partial charge in [0, 0.05) is 13.1 Å². The number of carbonyl (C=O) groups excluding carboxylic acids is 3. The van der Waals surface area contributed by atoms with Gasteiger partial charge in [-0.2, -0.15) is 13.2 Å². The standard InChI is InChI=1S/C14H24ClN3O3.C2HF3O2/c1-9(2)5-11(16)12(19)8-18(13(20)6-15)7-10-3-4-17-14(10)21;3-2(4,5)1(6)7/h9-11H,3-8,16H2,1-2H3,(H,17,21);(H,6,7)/t10-,11-;/m0./s1. The van der Waals surface area contributed by atoms with Crippen molar-refractivity contribution in [1.82, 2.24) is 10.2 Å². The normalized spacial score (nSPS) is 17.4. The zero-order valence-electron chi connectivity index (χ0n) is 15.6. The average molecular weight is 432 g/mol. The zero-order valence-corrected chi connectivity index (χ0v) is 16.3. The summed E-state index contributed by atoms with van der Waals surface area (Å²) in [5.74, 6) is -3.55. The van der Waals surface area contributed by atoms with Crippen LogP contribution in [0.25, 0.3) is 0 Å². The predicted octanol–water partition coefficient (Wildman–Crippen LogP) is 0.766. The van der Waals surface area contributed by atoms with Crippen LogP contribution in [-0.4, -0.2) is 71.3 Å². The number of alkyl halides is 4. The molecule has 1 aliphatic heterocycles. The lowest BCUT2D eigenvalue weighted by molar-refractivity contribution is -0.192. The number of nitrogens with two attached hydrogens (primary N) is 1. The van der Waals surface area contributed by atoms with E-state index in [9.17, 15) is 27.6 Å². The van der Waals surface area contributed by atoms with Crippen LogP contribution in [0.4, 0.5) is 13.2 Å². The summed E-state index contributed by atoms with van der Waals surface area (Å²) in [7, 11) is 0. The second-order valence-corrected chi connectivity index (χ2v) is 6.96. The van der Waals surface area contributed by atoms with Crippen LogP contribution >= 0.6 is 11.6 Å². The Morgan fingerprint density at radius 3 is 2.25 bits per heavy atom. The highest BCUT2D eigenvalue weighted by Crippen LogP contribution is 2.14. The molecule has 0 aromatic heterocycles. The number of hydrogen-bond acceptors (Lipinski definition) is 5. The maximum absolute atomic E-state index is 12.1. The molecule has 1 fully saturated rings. The maximum Gasteiger partial charge on any atom is 0.490 e. The van der Waals surface area contributed by atoms with Crippen LogP contribution in [-0.2, 0) is 19.2 Å². The van der Waals surface area contributed by atoms with Gasteiger partial charge in [0.2, 0.25) is 11.8 Å². The van der Waals surface area contributed by atoms with Gasteiger partial charge in [0.1, 0.15) is 5.88 Å². The van der Waals surface area contributed by atoms with Crippen LogP contribution in [0.3, 0.4) is 0 Å². The van der Waals surface area contributed by atoms with Crippen LogP contribution < -0.4 is 11.1 Å². The molecule has 162 valence electrons. The molecule has 0 spiro atoms. The van der Waals surface area contributed by atoms with Crippen LogP contribution in [0.1, 0.15) is 26.7 Å². The number of rotatable bonds is 8. The van der Waals surface area contributed by atoms with Crippen molar-refractivity contribution in [3.63, 3.8) is 0 Å². The van der Waals surface area contributed by atoms with Crippen molar-refractivity contribution in [2.24, 2.45) is 17.6 Å². The summed E-state index contributed by atoms with van der Waals surface area (Å²) in [5.41, 5.74) is 5.84. The number of carbonyl (C=O) groups is 4. The molecule has 1 saturated heterocycles. The van der Waals surface area contributed by atoms with E-state index in [0.717, 1.165) is 0 Å². The number of carboxylic acids is 1. The third-order valence-corrected chi connectivity index (χ3v) is 4.03. The highest BCUT2D eigenvalue weighted by molar-refractivity contribution is 6.27. The van der Waals surface area contributed by atoms with Gasteiger partial charge in [-0.15, -0.1) is 11.6 Å². The van der Waals surface area contributed by atoms with E-state index >= 15 is 0 Å². The summed E-state index contributed by atoms with van der Waals surface area (Å²) >= 11 is 5.58. The van der Waals surface area contributed by atoms with E-state index in [4.69, 9.17) is 27.2 Å². The largest absolute Gasteiger partial charge is 0.490 e. The highest BCUT2D eigenvalue weighted by atomic mass is 35.5. The second-order valence-electron chi connectivity index (χ2n) is 6.69. The molecular formula is C16H25ClF3N3O5. The van der Waals surface area contributed by atoms with Gasteiger partial charge in [-0.05, 0) is 18.8 Å². The number of aliphatic carboxylic acids is 1. The summed E-state index contributed by atoms with van der Waals surface area (Å²) in [6.45, 7) is 4.71. The molecule has 8 nitrogen and oxygen atoms in total. The first-order chi connectivity index (χ1) is 12.8. The first-order valence-electron chi connectivity index (χ1n) is 8.49. The predicted molar refractivity (Wildman–Crippen MR) is 94.5 cm³/mol. The summed E-state index contributed by atoms with van der Waals surface area (Å²) in [6.07, 6.45) is -3.84. The van der Waals surface area contributed by atoms with E-state index in [0.29, 0.717) is 25.3 Å². The third-order valence-electron chi connectivity index (χ3n) is 3.80. The van der Waals surface area contributed by atoms with E-state index in [-0.39, 0.29) is 42.5 Å². The van der Waals surface area contributed by atoms with E-state index in [1.54, 1.807) is 0 Å². The van der Waals surface area contributed by atoms with Gasteiger partial charge in [-0.25, -0.2) is 4.79 Å². The molecule has 2 atom stereocenters. The van der Waals surface area contributed by atoms with Gasteiger partial charge in [0.25, 0.3) is 0 Å². The summed E-state index contributed by atoms with van der Waals surface area (Å²) in [4.78, 5) is 45.8. The van der Waals surface area contributed by atoms with Crippen molar-refractivity contribution in [2.75, 3.05) is 25.5 Å². The van der Waals surface area contributed by atoms with Gasteiger partial charge in [0.05, 0.1) is 18.5 Å². The first kappa shape index (κ1) is 26.1. The topological polar surface area (TPSA) is 130 Å². The van der Waals surface area contributed by atoms with Gasteiger partial charge in [-0.1, -0.05) is 13.8 Å². The Hall–Kier alpha value is -1.88. The number of carboxylic acid groups (broad SMARTS) is 1. The Morgan fingerprint density at radius 2 is 1.89 bits per heavy atom. The zero-order chi connectivity index (χ0) is 22.1. The Labute approximate surface area is 165 Å². The quantitative estimate of drug-likeness (QED) is 0.486. The Balaban J connectivity index is 0.000000887. The molecule has 0 unspecified atom stereocenters. The molecule has 12 heteroatoms. The van der Waals surface area contributed by atoms with Gasteiger partial charge >= 0.3 is 12.1 Å². The maximum atomic E-state index is 12.1. The Kier molecular flexibility index (Phi) is 11.1. The molecule has 0 saturated carbocycles. The minimum Gasteiger partial charge on any atom is -0.475 e. The Morgan fingerprint density at radius 1 is 1.36 bits per heavy atom. The molecular weight excluding hydrogens is 407 g/mol. The third kappa shape index (κ3) is 9.88. The van der Waals surface area contributed by atoms with Crippen molar-refractivity contribution in [3.05, 3.63) is 0 Å². The SMILES string of the molecule is CC(C)C[C@H](N)C(=O)CN(C[C@@H]1CCNC1=O)C(=O)CCl.O=C(O)C(F)(F)F. The number of ketones is 1. The van der Waals surface area contributed by atoms with Gasteiger partial charge < -0.3 is 21.1 Å². The number of amides is 2. The van der Waals surface area contributed by atoms with Crippen molar-refractivity contribution in [1.29, 1.82) is 0 Å². The van der Waals surface area contributed by atoms with Crippen molar-refractivity contribution >= 4 is 35.2 Å². The first-order valence-corrected chi connectivity index (χ1v) is 9.02. The molecule has 28 heavy (non-hydrogen) atoms. The summed E-state index contributed by atoms with van der Waals surface area (Å²) < 4.78 is 31.7. The molecule has 0 aliphatic carbocycles. The molecule has 2 amide bonds. The number of halogens is 4. The number of Topliss-reactive ketones (excluding diaryl/α,β-unsaturated/α-hetero) is 1. The van der Waals surface area contributed by atoms with Crippen molar-refractivity contribution in [3.8, 4) is 0 Å². The second kappa shape index (κ2) is 11.8. The van der Waals surface area contributed by atoms with Crippen LogP contribution in [0, 0.1) is 11.8 Å². The lowest BCUT2D eigenvalue weighted by Crippen LogP contribution is -2.46. The fourth-order valence-corrected chi connectivity index (χ4v) is 2.54. The lowest BCUT2D eigenvalue weighted by Gasteiger charge is -2.25. The minimum absolute atomic E-state index is 0.0801. The van der Waals surface area contributed by atoms with Gasteiger partial charge in [0.15, 0.2) is 5.78 Å². The summed E-state index contributed by atoms with van der Waals surface area (Å²) in [5, 5.41) is 9.84. The highest BCUT2D eigenvalue weighted by Gasteiger charge is 2.38. The smallest absolute Gasteiger partial charge is 0.475 e. The number of hydrogen-bond donors (Lipinski definition) is 3. The fourth-order valence-electron chi connectivity index (χ4n) is 2.37. The molecule has 4 N–H and O–H groups in total. The lowest BCUT2D eigenvalue weighted by atomic mass is 10.0. The molecule has 1 heterocycles. The van der Waals surface area contributed by atoms with Crippen LogP contribution in [0.2, 0.25) is 0 Å². The van der Waals surface area contributed by atoms with E-state index in [1.807, 2.05) is 13.8 Å². The molecule has 0 bridgehead atoms. The molecule has 0 radical (unpaired) electrons. The molecule has 1 aliphatic rings. The fraction of sp³-hybridized carbons (Fsp3) is 0.750. The van der Waals surface area contributed by atoms with Crippen LogP contribution in [0.15, 0.2) is 0 Å². The Bertz CT molecular complexity index is 572. The minimum atomic E-state index is -5.08. The summed E-state index contributed by atoms with van der Waals surface area (Å²) in [6, 6.07) is -0.590. The van der Waals surface area contributed by atoms with E-state index in [1.165, 1.54) is 4.90 Å². The average Bonchev–Trinajstić information content (AvgIpc) is 2.97. The molecule has 0 aromatic carbocycles. The molecule has 1 rings (SSSR count). The monoisotopic (exact) mass is 431 g/mol. The van der Waals surface area contributed by atoms with Crippen molar-refractivity contribution in [2.45, 2.75) is 38.9 Å². The number of nitrogens with zero attached hydrogens (tertiary/aromatic N) is 1. The van der Waals surface area contributed by atoms with Crippen molar-refractivity contribution < 1.29 is 37.5 Å².